The molecule has 108 valence electrons. The number of rotatable bonds is 6. The van der Waals surface area contributed by atoms with Crippen LogP contribution in [0, 0.1) is 0 Å². The van der Waals surface area contributed by atoms with E-state index in [9.17, 15) is 4.79 Å². The number of hydrogen-bond donors (Lipinski definition) is 3. The van der Waals surface area contributed by atoms with E-state index in [4.69, 9.17) is 4.42 Å². The van der Waals surface area contributed by atoms with E-state index in [-0.39, 0.29) is 24.0 Å². The number of nitrogens with one attached hydrogen (secondary N) is 3. The lowest BCUT2D eigenvalue weighted by Gasteiger charge is -2.20. The van der Waals surface area contributed by atoms with Gasteiger partial charge in [-0.15, -0.1) is 5.10 Å². The van der Waals surface area contributed by atoms with E-state index in [0.717, 1.165) is 0 Å². The van der Waals surface area contributed by atoms with Gasteiger partial charge < -0.3 is 20.4 Å². The molecule has 1 aromatic rings. The Morgan fingerprint density at radius 3 is 2.58 bits per heavy atom. The Hall–Kier alpha value is -1.63. The molecule has 0 aliphatic rings. The minimum atomic E-state index is -0.250. The molecule has 1 amide bonds. The summed E-state index contributed by atoms with van der Waals surface area (Å²) in [4.78, 5) is 11.6. The summed E-state index contributed by atoms with van der Waals surface area (Å²) in [5, 5.41) is 16.5. The Kier molecular flexibility index (Phi) is 5.29. The van der Waals surface area contributed by atoms with E-state index in [0.29, 0.717) is 18.5 Å². The molecule has 0 saturated heterocycles. The van der Waals surface area contributed by atoms with Crippen LogP contribution >= 0.6 is 0 Å². The van der Waals surface area contributed by atoms with Crippen molar-refractivity contribution in [3.05, 3.63) is 5.89 Å². The van der Waals surface area contributed by atoms with Crippen LogP contribution in [0.15, 0.2) is 4.42 Å². The van der Waals surface area contributed by atoms with Crippen molar-refractivity contribution in [3.8, 4) is 0 Å². The fourth-order valence-electron chi connectivity index (χ4n) is 1.31. The van der Waals surface area contributed by atoms with Crippen molar-refractivity contribution in [3.63, 3.8) is 0 Å². The third-order valence-electron chi connectivity index (χ3n) is 2.04. The first-order valence-electron chi connectivity index (χ1n) is 6.37. The highest BCUT2D eigenvalue weighted by Gasteiger charge is 2.14. The van der Waals surface area contributed by atoms with Gasteiger partial charge in [-0.05, 0) is 20.8 Å². The molecule has 0 fully saturated rings. The lowest BCUT2D eigenvalue weighted by molar-refractivity contribution is -0.120. The summed E-state index contributed by atoms with van der Waals surface area (Å²) in [6, 6.07) is 0.602. The number of amides is 1. The molecule has 0 unspecified atom stereocenters. The van der Waals surface area contributed by atoms with Crippen LogP contribution in [0.1, 0.15) is 40.5 Å². The molecule has 0 saturated carbocycles. The molecular formula is C12H23N5O2. The lowest BCUT2D eigenvalue weighted by Crippen LogP contribution is -2.43. The number of anilines is 1. The number of carbonyl (C=O) groups excluding carboxylic acids is 1. The van der Waals surface area contributed by atoms with Gasteiger partial charge in [-0.25, -0.2) is 0 Å². The lowest BCUT2D eigenvalue weighted by atomic mass is 10.1. The van der Waals surface area contributed by atoms with E-state index in [2.05, 4.69) is 26.1 Å². The van der Waals surface area contributed by atoms with Crippen LogP contribution in [0.4, 0.5) is 6.01 Å². The molecule has 0 aliphatic heterocycles. The normalized spacial score (nSPS) is 11.7. The first-order chi connectivity index (χ1) is 8.76. The summed E-state index contributed by atoms with van der Waals surface area (Å²) < 4.78 is 5.34. The highest BCUT2D eigenvalue weighted by atomic mass is 16.4. The zero-order chi connectivity index (χ0) is 14.5. The van der Waals surface area contributed by atoms with Gasteiger partial charge in [0.25, 0.3) is 0 Å². The van der Waals surface area contributed by atoms with E-state index in [1.807, 2.05) is 34.6 Å². The van der Waals surface area contributed by atoms with Crippen LogP contribution in [-0.2, 0) is 11.3 Å². The van der Waals surface area contributed by atoms with Gasteiger partial charge in [-0.2, -0.15) is 0 Å². The van der Waals surface area contributed by atoms with Gasteiger partial charge in [0.05, 0.1) is 13.1 Å². The summed E-state index contributed by atoms with van der Waals surface area (Å²) in [5.74, 6) is 0.375. The second kappa shape index (κ2) is 6.51. The van der Waals surface area contributed by atoms with Crippen molar-refractivity contribution in [2.24, 2.45) is 0 Å². The van der Waals surface area contributed by atoms with Gasteiger partial charge in [0, 0.05) is 11.6 Å². The Labute approximate surface area is 113 Å². The average Bonchev–Trinajstić information content (AvgIpc) is 2.69. The van der Waals surface area contributed by atoms with Crippen molar-refractivity contribution in [1.29, 1.82) is 0 Å². The highest BCUT2D eigenvalue weighted by Crippen LogP contribution is 2.05. The molecular weight excluding hydrogens is 246 g/mol. The van der Waals surface area contributed by atoms with Gasteiger partial charge in [0.1, 0.15) is 0 Å². The summed E-state index contributed by atoms with van der Waals surface area (Å²) >= 11 is 0. The zero-order valence-corrected chi connectivity index (χ0v) is 12.2. The first kappa shape index (κ1) is 15.4. The van der Waals surface area contributed by atoms with Crippen LogP contribution in [0.5, 0.6) is 0 Å². The standard InChI is InChI=1S/C12H23N5O2/c1-8(2)13-7-10-16-17-11(19-10)14-6-9(18)15-12(3,4)5/h8,13H,6-7H2,1-5H3,(H,14,17)(H,15,18). The van der Waals surface area contributed by atoms with Crippen molar-refractivity contribution in [2.45, 2.75) is 52.7 Å². The quantitative estimate of drug-likeness (QED) is 0.710. The van der Waals surface area contributed by atoms with Crippen molar-refractivity contribution < 1.29 is 9.21 Å². The molecule has 1 aromatic heterocycles. The molecule has 1 heterocycles. The fraction of sp³-hybridized carbons (Fsp3) is 0.750. The highest BCUT2D eigenvalue weighted by molar-refractivity contribution is 5.80. The van der Waals surface area contributed by atoms with Crippen molar-refractivity contribution in [1.82, 2.24) is 20.8 Å². The second-order valence-electron chi connectivity index (χ2n) is 5.69. The van der Waals surface area contributed by atoms with Gasteiger partial charge in [0.2, 0.25) is 11.8 Å². The van der Waals surface area contributed by atoms with Crippen molar-refractivity contribution >= 4 is 11.9 Å². The zero-order valence-electron chi connectivity index (χ0n) is 12.2. The van der Waals surface area contributed by atoms with E-state index in [1.54, 1.807) is 0 Å². The smallest absolute Gasteiger partial charge is 0.315 e. The maximum Gasteiger partial charge on any atom is 0.315 e. The Morgan fingerprint density at radius 1 is 1.32 bits per heavy atom. The number of nitrogens with zero attached hydrogens (tertiary/aromatic N) is 2. The second-order valence-corrected chi connectivity index (χ2v) is 5.69. The Morgan fingerprint density at radius 2 is 2.00 bits per heavy atom. The van der Waals surface area contributed by atoms with Gasteiger partial charge >= 0.3 is 6.01 Å². The number of aromatic nitrogens is 2. The molecule has 1 rings (SSSR count). The molecule has 3 N–H and O–H groups in total. The largest absolute Gasteiger partial charge is 0.407 e. The third-order valence-corrected chi connectivity index (χ3v) is 2.04. The van der Waals surface area contributed by atoms with Gasteiger partial charge in [-0.3, -0.25) is 4.79 Å². The molecule has 0 bridgehead atoms. The van der Waals surface area contributed by atoms with Crippen LogP contribution in [0.25, 0.3) is 0 Å². The maximum atomic E-state index is 11.6. The summed E-state index contributed by atoms with van der Waals surface area (Å²) in [7, 11) is 0. The molecule has 0 atom stereocenters. The topological polar surface area (TPSA) is 92.1 Å². The van der Waals surface area contributed by atoms with Crippen LogP contribution < -0.4 is 16.0 Å². The number of carbonyl (C=O) groups is 1. The van der Waals surface area contributed by atoms with Crippen LogP contribution in [-0.4, -0.2) is 34.2 Å². The van der Waals surface area contributed by atoms with Gasteiger partial charge in [0.15, 0.2) is 0 Å². The summed E-state index contributed by atoms with van der Waals surface area (Å²) in [5.41, 5.74) is -0.250. The summed E-state index contributed by atoms with van der Waals surface area (Å²) in [6.07, 6.45) is 0. The van der Waals surface area contributed by atoms with Crippen LogP contribution in [0.3, 0.4) is 0 Å². The van der Waals surface area contributed by atoms with E-state index < -0.39 is 0 Å². The minimum Gasteiger partial charge on any atom is -0.407 e. The molecule has 0 spiro atoms. The Balaban J connectivity index is 2.36. The third kappa shape index (κ3) is 6.76. The van der Waals surface area contributed by atoms with E-state index >= 15 is 0 Å². The SMILES string of the molecule is CC(C)NCc1nnc(NCC(=O)NC(C)(C)C)o1. The number of hydrogen-bond acceptors (Lipinski definition) is 6. The molecule has 0 aliphatic carbocycles. The molecule has 19 heavy (non-hydrogen) atoms. The van der Waals surface area contributed by atoms with E-state index in [1.165, 1.54) is 0 Å². The molecule has 7 nitrogen and oxygen atoms in total. The fourth-order valence-corrected chi connectivity index (χ4v) is 1.31. The van der Waals surface area contributed by atoms with Crippen LogP contribution in [0.2, 0.25) is 0 Å². The Bertz CT molecular complexity index is 408. The van der Waals surface area contributed by atoms with Crippen molar-refractivity contribution in [2.75, 3.05) is 11.9 Å². The van der Waals surface area contributed by atoms with Gasteiger partial charge in [-0.1, -0.05) is 18.9 Å². The first-order valence-corrected chi connectivity index (χ1v) is 6.37. The molecule has 0 radical (unpaired) electrons. The molecule has 7 heteroatoms. The predicted octanol–water partition coefficient (Wildman–Crippen LogP) is 0.894. The maximum absolute atomic E-state index is 11.6. The average molecular weight is 269 g/mol. The molecule has 0 aromatic carbocycles. The minimum absolute atomic E-state index is 0.108. The predicted molar refractivity (Wildman–Crippen MR) is 72.7 cm³/mol. The monoisotopic (exact) mass is 269 g/mol. The summed E-state index contributed by atoms with van der Waals surface area (Å²) in [6.45, 7) is 10.5.